The summed E-state index contributed by atoms with van der Waals surface area (Å²) in [5.41, 5.74) is 1.44. The summed E-state index contributed by atoms with van der Waals surface area (Å²) < 4.78 is 0. The van der Waals surface area contributed by atoms with Crippen LogP contribution in [-0.4, -0.2) is 22.5 Å². The summed E-state index contributed by atoms with van der Waals surface area (Å²) in [7, 11) is 0. The van der Waals surface area contributed by atoms with Crippen LogP contribution < -0.4 is 0 Å². The van der Waals surface area contributed by atoms with Crippen LogP contribution in [-0.2, 0) is 11.3 Å². The molecule has 0 saturated heterocycles. The number of hydrogen-bond donors (Lipinski definition) is 1. The van der Waals surface area contributed by atoms with Gasteiger partial charge in [0.05, 0.1) is 22.2 Å². The Bertz CT molecular complexity index is 687. The van der Waals surface area contributed by atoms with E-state index >= 15 is 0 Å². The van der Waals surface area contributed by atoms with E-state index in [4.69, 9.17) is 45.7 Å². The van der Waals surface area contributed by atoms with Crippen molar-refractivity contribution in [1.29, 1.82) is 5.41 Å². The van der Waals surface area contributed by atoms with Gasteiger partial charge in [-0.3, -0.25) is 10.2 Å². The molecular weight excluding hydrogens is 351 g/mol. The smallest absolute Gasteiger partial charge is 0.161 e. The minimum absolute atomic E-state index is 0.0309. The number of nitrogens with zero attached hydrogens (tertiary/aromatic N) is 1. The lowest BCUT2D eigenvalue weighted by Gasteiger charge is -2.25. The largest absolute Gasteiger partial charge is 0.282 e. The molecule has 2 rings (SSSR count). The van der Waals surface area contributed by atoms with E-state index in [1.165, 1.54) is 5.06 Å². The summed E-state index contributed by atoms with van der Waals surface area (Å²) in [4.78, 5) is 6.02. The molecule has 0 radical (unpaired) electrons. The lowest BCUT2D eigenvalue weighted by Crippen LogP contribution is -2.37. The minimum atomic E-state index is 0.0309. The van der Waals surface area contributed by atoms with Crippen molar-refractivity contribution in [3.8, 4) is 0 Å². The summed E-state index contributed by atoms with van der Waals surface area (Å²) in [5, 5.41) is 10.5. The molecule has 0 atom stereocenters. The number of amidine groups is 1. The Hall–Kier alpha value is -1.46. The number of halogens is 2. The highest BCUT2D eigenvalue weighted by molar-refractivity contribution is 7.80. The van der Waals surface area contributed by atoms with Gasteiger partial charge in [-0.25, -0.2) is 0 Å². The van der Waals surface area contributed by atoms with Crippen molar-refractivity contribution in [2.45, 2.75) is 13.3 Å². The molecule has 0 aliphatic rings. The van der Waals surface area contributed by atoms with Gasteiger partial charge in [-0.2, -0.15) is 5.06 Å². The van der Waals surface area contributed by atoms with E-state index in [0.29, 0.717) is 33.6 Å². The van der Waals surface area contributed by atoms with Crippen molar-refractivity contribution < 1.29 is 4.84 Å². The minimum Gasteiger partial charge on any atom is -0.282 e. The first-order valence-corrected chi connectivity index (χ1v) is 8.23. The molecule has 2 aromatic carbocycles. The maximum atomic E-state index is 8.41. The molecule has 23 heavy (non-hydrogen) atoms. The van der Waals surface area contributed by atoms with Crippen LogP contribution >= 0.6 is 35.4 Å². The van der Waals surface area contributed by atoms with Gasteiger partial charge in [0.15, 0.2) is 5.84 Å². The first kappa shape index (κ1) is 17.9. The van der Waals surface area contributed by atoms with Crippen LogP contribution in [0.15, 0.2) is 48.5 Å². The number of hydrogen-bond acceptors (Lipinski definition) is 3. The summed E-state index contributed by atoms with van der Waals surface area (Å²) >= 11 is 17.8. The molecule has 0 aromatic heterocycles. The summed E-state index contributed by atoms with van der Waals surface area (Å²) in [6.07, 6.45) is 0.487. The number of nitrogens with one attached hydrogen (secondary N) is 1. The molecule has 0 aliphatic heterocycles. The highest BCUT2D eigenvalue weighted by Gasteiger charge is 2.22. The number of rotatable bonds is 5. The fourth-order valence-electron chi connectivity index (χ4n) is 2.06. The van der Waals surface area contributed by atoms with E-state index in [1.54, 1.807) is 18.2 Å². The first-order chi connectivity index (χ1) is 11.0. The zero-order chi connectivity index (χ0) is 16.8. The fourth-order valence-corrected chi connectivity index (χ4v) is 2.95. The van der Waals surface area contributed by atoms with E-state index in [2.05, 4.69) is 0 Å². The van der Waals surface area contributed by atoms with Crippen molar-refractivity contribution in [3.63, 3.8) is 0 Å². The highest BCUT2D eigenvalue weighted by atomic mass is 35.5. The normalized spacial score (nSPS) is 10.4. The lowest BCUT2D eigenvalue weighted by molar-refractivity contribution is -0.0332. The van der Waals surface area contributed by atoms with E-state index in [9.17, 15) is 0 Å². The predicted octanol–water partition coefficient (Wildman–Crippen LogP) is 5.14. The Morgan fingerprint density at radius 3 is 2.26 bits per heavy atom. The van der Waals surface area contributed by atoms with Crippen LogP contribution in [0, 0.1) is 5.41 Å². The number of thiocarbonyl (C=S) groups is 1. The summed E-state index contributed by atoms with van der Waals surface area (Å²) in [5.74, 6) is 0.0309. The fraction of sp³-hybridized carbons (Fsp3) is 0.176. The van der Waals surface area contributed by atoms with Gasteiger partial charge in [-0.1, -0.05) is 71.8 Å². The monoisotopic (exact) mass is 366 g/mol. The SMILES string of the molecule is CCON(C(=N)c1c(Cl)cccc1Cl)C(=S)Cc1ccccc1. The second-order valence-electron chi connectivity index (χ2n) is 4.71. The molecule has 120 valence electrons. The van der Waals surface area contributed by atoms with Crippen LogP contribution in [0.2, 0.25) is 10.0 Å². The molecule has 0 amide bonds. The zero-order valence-corrected chi connectivity index (χ0v) is 14.9. The molecule has 0 heterocycles. The third kappa shape index (κ3) is 4.52. The Morgan fingerprint density at radius 2 is 1.70 bits per heavy atom. The average Bonchev–Trinajstić information content (AvgIpc) is 2.53. The Kier molecular flexibility index (Phi) is 6.54. The van der Waals surface area contributed by atoms with Gasteiger partial charge in [0, 0.05) is 6.42 Å². The van der Waals surface area contributed by atoms with Crippen LogP contribution in [0.25, 0.3) is 0 Å². The number of hydroxylamine groups is 2. The molecule has 0 spiro atoms. The van der Waals surface area contributed by atoms with E-state index in [1.807, 2.05) is 37.3 Å². The maximum absolute atomic E-state index is 8.41. The average molecular weight is 367 g/mol. The first-order valence-electron chi connectivity index (χ1n) is 7.07. The zero-order valence-electron chi connectivity index (χ0n) is 12.6. The molecule has 0 unspecified atom stereocenters. The third-order valence-corrected chi connectivity index (χ3v) is 4.03. The molecule has 6 heteroatoms. The molecule has 0 fully saturated rings. The van der Waals surface area contributed by atoms with Gasteiger partial charge in [-0.05, 0) is 24.6 Å². The van der Waals surface area contributed by atoms with Crippen molar-refractivity contribution in [3.05, 3.63) is 69.7 Å². The predicted molar refractivity (Wildman–Crippen MR) is 99.5 cm³/mol. The third-order valence-electron chi connectivity index (χ3n) is 3.09. The summed E-state index contributed by atoms with van der Waals surface area (Å²) in [6, 6.07) is 14.9. The Balaban J connectivity index is 2.27. The van der Waals surface area contributed by atoms with Crippen molar-refractivity contribution in [2.75, 3.05) is 6.61 Å². The maximum Gasteiger partial charge on any atom is 0.161 e. The molecule has 0 saturated carbocycles. The second kappa shape index (κ2) is 8.41. The van der Waals surface area contributed by atoms with Crippen LogP contribution in [0.3, 0.4) is 0 Å². The van der Waals surface area contributed by atoms with Crippen LogP contribution in [0.4, 0.5) is 0 Å². The molecule has 0 bridgehead atoms. The van der Waals surface area contributed by atoms with Crippen LogP contribution in [0.5, 0.6) is 0 Å². The van der Waals surface area contributed by atoms with Crippen molar-refractivity contribution in [2.24, 2.45) is 0 Å². The second-order valence-corrected chi connectivity index (χ2v) is 6.00. The van der Waals surface area contributed by atoms with Crippen LogP contribution in [0.1, 0.15) is 18.1 Å². The van der Waals surface area contributed by atoms with Crippen molar-refractivity contribution >= 4 is 46.2 Å². The van der Waals surface area contributed by atoms with E-state index in [0.717, 1.165) is 5.56 Å². The van der Waals surface area contributed by atoms with Gasteiger partial charge in [0.25, 0.3) is 0 Å². The highest BCUT2D eigenvalue weighted by Crippen LogP contribution is 2.26. The van der Waals surface area contributed by atoms with Gasteiger partial charge >= 0.3 is 0 Å². The topological polar surface area (TPSA) is 36.3 Å². The summed E-state index contributed by atoms with van der Waals surface area (Å²) in [6.45, 7) is 2.21. The van der Waals surface area contributed by atoms with Gasteiger partial charge in [-0.15, -0.1) is 0 Å². The van der Waals surface area contributed by atoms with E-state index < -0.39 is 0 Å². The molecular formula is C17H16Cl2N2OS. The van der Waals surface area contributed by atoms with Gasteiger partial charge < -0.3 is 0 Å². The Labute approximate surface area is 151 Å². The molecule has 3 nitrogen and oxygen atoms in total. The van der Waals surface area contributed by atoms with Crippen molar-refractivity contribution in [1.82, 2.24) is 5.06 Å². The standard InChI is InChI=1S/C17H16Cl2N2OS/c1-2-22-21(15(23)11-12-7-4-3-5-8-12)17(20)16-13(18)9-6-10-14(16)19/h3-10,20H,2,11H2,1H3. The van der Waals surface area contributed by atoms with E-state index in [-0.39, 0.29) is 5.84 Å². The van der Waals surface area contributed by atoms with Gasteiger partial charge in [0.1, 0.15) is 4.99 Å². The van der Waals surface area contributed by atoms with Gasteiger partial charge in [0.2, 0.25) is 0 Å². The lowest BCUT2D eigenvalue weighted by atomic mass is 10.1. The number of benzene rings is 2. The molecule has 2 aromatic rings. The molecule has 1 N–H and O–H groups in total. The Morgan fingerprint density at radius 1 is 1.09 bits per heavy atom. The quantitative estimate of drug-likeness (QED) is 0.344. The molecule has 0 aliphatic carbocycles.